The van der Waals surface area contributed by atoms with E-state index in [0.717, 1.165) is 16.6 Å². The van der Waals surface area contributed by atoms with Gasteiger partial charge in [0.25, 0.3) is 0 Å². The Morgan fingerprint density at radius 1 is 1.33 bits per heavy atom. The molecule has 0 aliphatic heterocycles. The molecule has 0 radical (unpaired) electrons. The number of hydrogen-bond donors (Lipinski definition) is 1. The first-order chi connectivity index (χ1) is 8.72. The minimum absolute atomic E-state index is 0.219. The molecule has 1 aromatic carbocycles. The van der Waals surface area contributed by atoms with E-state index in [4.69, 9.17) is 0 Å². The number of benzene rings is 1. The standard InChI is InChI=1S/C13H13BrFN3/c1-2-16-13(9-5-6-17-18-8-9)11-7-10(14)3-4-12(11)15/h3-8,13,16H,2H2,1H3. The highest BCUT2D eigenvalue weighted by atomic mass is 79.9. The smallest absolute Gasteiger partial charge is 0.128 e. The van der Waals surface area contributed by atoms with Crippen molar-refractivity contribution in [1.29, 1.82) is 0 Å². The second-order valence-electron chi connectivity index (χ2n) is 3.83. The number of hydrogen-bond acceptors (Lipinski definition) is 3. The lowest BCUT2D eigenvalue weighted by Crippen LogP contribution is -2.23. The summed E-state index contributed by atoms with van der Waals surface area (Å²) >= 11 is 3.37. The van der Waals surface area contributed by atoms with Crippen LogP contribution >= 0.6 is 15.9 Å². The summed E-state index contributed by atoms with van der Waals surface area (Å²) < 4.78 is 14.8. The Hall–Kier alpha value is -1.33. The van der Waals surface area contributed by atoms with Crippen LogP contribution in [0.1, 0.15) is 24.1 Å². The Bertz CT molecular complexity index is 519. The zero-order valence-electron chi connectivity index (χ0n) is 9.90. The predicted octanol–water partition coefficient (Wildman–Crippen LogP) is 3.08. The second-order valence-corrected chi connectivity index (χ2v) is 4.75. The van der Waals surface area contributed by atoms with Gasteiger partial charge < -0.3 is 5.32 Å². The molecule has 1 unspecified atom stereocenters. The van der Waals surface area contributed by atoms with Crippen LogP contribution < -0.4 is 5.32 Å². The summed E-state index contributed by atoms with van der Waals surface area (Å²) in [4.78, 5) is 0. The predicted molar refractivity (Wildman–Crippen MR) is 71.7 cm³/mol. The summed E-state index contributed by atoms with van der Waals surface area (Å²) in [6.07, 6.45) is 3.25. The first-order valence-electron chi connectivity index (χ1n) is 5.67. The normalized spacial score (nSPS) is 12.4. The van der Waals surface area contributed by atoms with Gasteiger partial charge in [0.1, 0.15) is 5.82 Å². The van der Waals surface area contributed by atoms with Gasteiger partial charge in [0.2, 0.25) is 0 Å². The maximum Gasteiger partial charge on any atom is 0.128 e. The third kappa shape index (κ3) is 2.91. The van der Waals surface area contributed by atoms with Crippen LogP contribution in [0.3, 0.4) is 0 Å². The van der Waals surface area contributed by atoms with Crippen LogP contribution in [0.5, 0.6) is 0 Å². The molecule has 2 aromatic rings. The highest BCUT2D eigenvalue weighted by molar-refractivity contribution is 9.10. The molecule has 5 heteroatoms. The Morgan fingerprint density at radius 3 is 2.83 bits per heavy atom. The van der Waals surface area contributed by atoms with E-state index in [2.05, 4.69) is 31.4 Å². The zero-order valence-corrected chi connectivity index (χ0v) is 11.5. The molecule has 18 heavy (non-hydrogen) atoms. The van der Waals surface area contributed by atoms with Gasteiger partial charge in [0.05, 0.1) is 12.2 Å². The number of nitrogens with zero attached hydrogens (tertiary/aromatic N) is 2. The van der Waals surface area contributed by atoms with Crippen molar-refractivity contribution in [2.24, 2.45) is 0 Å². The largest absolute Gasteiger partial charge is 0.306 e. The fourth-order valence-corrected chi connectivity index (χ4v) is 2.20. The van der Waals surface area contributed by atoms with Gasteiger partial charge in [-0.15, -0.1) is 0 Å². The van der Waals surface area contributed by atoms with Crippen molar-refractivity contribution in [3.63, 3.8) is 0 Å². The van der Waals surface area contributed by atoms with Crippen molar-refractivity contribution >= 4 is 15.9 Å². The summed E-state index contributed by atoms with van der Waals surface area (Å²) in [5, 5.41) is 10.8. The topological polar surface area (TPSA) is 37.8 Å². The van der Waals surface area contributed by atoms with Crippen LogP contribution in [-0.4, -0.2) is 16.7 Å². The molecule has 1 N–H and O–H groups in total. The van der Waals surface area contributed by atoms with Gasteiger partial charge in [-0.25, -0.2) is 4.39 Å². The summed E-state index contributed by atoms with van der Waals surface area (Å²) in [5.41, 5.74) is 1.49. The monoisotopic (exact) mass is 309 g/mol. The van der Waals surface area contributed by atoms with E-state index in [-0.39, 0.29) is 11.9 Å². The Morgan fingerprint density at radius 2 is 2.17 bits per heavy atom. The van der Waals surface area contributed by atoms with Gasteiger partial charge in [0.15, 0.2) is 0 Å². The molecular formula is C13H13BrFN3. The van der Waals surface area contributed by atoms with E-state index in [1.165, 1.54) is 6.07 Å². The fourth-order valence-electron chi connectivity index (χ4n) is 1.82. The molecule has 0 spiro atoms. The van der Waals surface area contributed by atoms with Crippen LogP contribution in [0.15, 0.2) is 41.1 Å². The molecule has 0 saturated carbocycles. The maximum atomic E-state index is 13.9. The van der Waals surface area contributed by atoms with E-state index in [1.807, 2.05) is 13.0 Å². The molecule has 0 aliphatic rings. The van der Waals surface area contributed by atoms with Gasteiger partial charge in [-0.3, -0.25) is 0 Å². The minimum Gasteiger partial charge on any atom is -0.306 e. The fraction of sp³-hybridized carbons (Fsp3) is 0.231. The summed E-state index contributed by atoms with van der Waals surface area (Å²) in [6, 6.07) is 6.54. The Labute approximate surface area is 114 Å². The lowest BCUT2D eigenvalue weighted by Gasteiger charge is -2.19. The van der Waals surface area contributed by atoms with Gasteiger partial charge in [0, 0.05) is 16.2 Å². The lowest BCUT2D eigenvalue weighted by atomic mass is 10.00. The molecule has 0 fully saturated rings. The van der Waals surface area contributed by atoms with Crippen molar-refractivity contribution in [2.45, 2.75) is 13.0 Å². The first kappa shape index (κ1) is 13.1. The number of aromatic nitrogens is 2. The van der Waals surface area contributed by atoms with Crippen molar-refractivity contribution in [1.82, 2.24) is 15.5 Å². The molecule has 3 nitrogen and oxygen atoms in total. The molecule has 94 valence electrons. The highest BCUT2D eigenvalue weighted by Crippen LogP contribution is 2.26. The van der Waals surface area contributed by atoms with E-state index >= 15 is 0 Å². The minimum atomic E-state index is -0.235. The lowest BCUT2D eigenvalue weighted by molar-refractivity contribution is 0.557. The Kier molecular flexibility index (Phi) is 4.38. The van der Waals surface area contributed by atoms with Gasteiger partial charge in [-0.05, 0) is 36.4 Å². The number of rotatable bonds is 4. The molecule has 1 atom stereocenters. The third-order valence-corrected chi connectivity index (χ3v) is 3.11. The average molecular weight is 310 g/mol. The van der Waals surface area contributed by atoms with E-state index in [0.29, 0.717) is 5.56 Å². The summed E-state index contributed by atoms with van der Waals surface area (Å²) in [6.45, 7) is 2.72. The molecule has 1 aromatic heterocycles. The van der Waals surface area contributed by atoms with Crippen LogP contribution in [0.25, 0.3) is 0 Å². The Balaban J connectivity index is 2.44. The number of halogens is 2. The molecule has 0 amide bonds. The maximum absolute atomic E-state index is 13.9. The van der Waals surface area contributed by atoms with Gasteiger partial charge >= 0.3 is 0 Å². The molecule has 0 aliphatic carbocycles. The quantitative estimate of drug-likeness (QED) is 0.943. The van der Waals surface area contributed by atoms with Crippen molar-refractivity contribution < 1.29 is 4.39 Å². The zero-order chi connectivity index (χ0) is 13.0. The molecule has 1 heterocycles. The van der Waals surface area contributed by atoms with Crippen molar-refractivity contribution in [2.75, 3.05) is 6.54 Å². The van der Waals surface area contributed by atoms with Crippen molar-refractivity contribution in [3.8, 4) is 0 Å². The van der Waals surface area contributed by atoms with E-state index in [9.17, 15) is 4.39 Å². The number of nitrogens with one attached hydrogen (secondary N) is 1. The molecule has 2 rings (SSSR count). The van der Waals surface area contributed by atoms with Crippen LogP contribution in [0, 0.1) is 5.82 Å². The van der Waals surface area contributed by atoms with Crippen LogP contribution in [0.4, 0.5) is 4.39 Å². The van der Waals surface area contributed by atoms with Gasteiger partial charge in [-0.2, -0.15) is 10.2 Å². The summed E-state index contributed by atoms with van der Waals surface area (Å²) in [5.74, 6) is -0.235. The van der Waals surface area contributed by atoms with Crippen LogP contribution in [0.2, 0.25) is 0 Å². The SMILES string of the molecule is CCNC(c1ccnnc1)c1cc(Br)ccc1F. The summed E-state index contributed by atoms with van der Waals surface area (Å²) in [7, 11) is 0. The molecule has 0 saturated heterocycles. The van der Waals surface area contributed by atoms with Crippen LogP contribution in [-0.2, 0) is 0 Å². The van der Waals surface area contributed by atoms with Crippen molar-refractivity contribution in [3.05, 3.63) is 58.1 Å². The highest BCUT2D eigenvalue weighted by Gasteiger charge is 2.17. The average Bonchev–Trinajstić information content (AvgIpc) is 2.40. The second kappa shape index (κ2) is 6.02. The third-order valence-electron chi connectivity index (χ3n) is 2.62. The first-order valence-corrected chi connectivity index (χ1v) is 6.46. The van der Waals surface area contributed by atoms with E-state index in [1.54, 1.807) is 24.5 Å². The molecular weight excluding hydrogens is 297 g/mol. The van der Waals surface area contributed by atoms with E-state index < -0.39 is 0 Å². The van der Waals surface area contributed by atoms with Gasteiger partial charge in [-0.1, -0.05) is 22.9 Å². The molecule has 0 bridgehead atoms.